The molecule has 0 aliphatic carbocycles. The van der Waals surface area contributed by atoms with Gasteiger partial charge in [-0.15, -0.1) is 0 Å². The van der Waals surface area contributed by atoms with E-state index in [9.17, 15) is 4.79 Å². The van der Waals surface area contributed by atoms with E-state index in [2.05, 4.69) is 50.9 Å². The van der Waals surface area contributed by atoms with E-state index in [1.54, 1.807) is 12.1 Å². The van der Waals surface area contributed by atoms with Crippen molar-refractivity contribution in [1.29, 1.82) is 0 Å². The van der Waals surface area contributed by atoms with Crippen LogP contribution in [0.3, 0.4) is 0 Å². The van der Waals surface area contributed by atoms with E-state index < -0.39 is 0 Å². The lowest BCUT2D eigenvalue weighted by Gasteiger charge is -2.17. The Hall–Kier alpha value is -2.00. The third kappa shape index (κ3) is 4.35. The van der Waals surface area contributed by atoms with Crippen molar-refractivity contribution in [3.8, 4) is 0 Å². The van der Waals surface area contributed by atoms with Gasteiger partial charge in [-0.25, -0.2) is 4.98 Å². The minimum Gasteiger partial charge on any atom is -0.293 e. The van der Waals surface area contributed by atoms with Crippen molar-refractivity contribution in [2.45, 2.75) is 53.4 Å². The molecule has 3 nitrogen and oxygen atoms in total. The largest absolute Gasteiger partial charge is 0.293 e. The third-order valence-corrected chi connectivity index (χ3v) is 4.48. The molecule has 1 aromatic carbocycles. The lowest BCUT2D eigenvalue weighted by atomic mass is 9.93. The Morgan fingerprint density at radius 1 is 1.00 bits per heavy atom. The first-order valence-corrected chi connectivity index (χ1v) is 8.96. The van der Waals surface area contributed by atoms with E-state index in [4.69, 9.17) is 16.6 Å². The number of aliphatic imine (C=N–C) groups is 1. The van der Waals surface area contributed by atoms with Crippen molar-refractivity contribution in [3.63, 3.8) is 0 Å². The number of carbonyl (C=O) groups excluding carboxylic acids is 1. The van der Waals surface area contributed by atoms with Gasteiger partial charge in [0, 0.05) is 6.92 Å². The maximum absolute atomic E-state index is 11.7. The standard InChI is InChI=1S/C21H25ClN2O/c1-12(2)16-8-7-9-17(13(3)4)21(16)23-14(5)19-11-10-18(22)20(24-19)15(6)25/h7-13H,1-6H3. The van der Waals surface area contributed by atoms with Crippen LogP contribution in [-0.4, -0.2) is 16.5 Å². The summed E-state index contributed by atoms with van der Waals surface area (Å²) in [5, 5.41) is 0.370. The number of halogens is 1. The van der Waals surface area contributed by atoms with Gasteiger partial charge in [-0.2, -0.15) is 0 Å². The Morgan fingerprint density at radius 2 is 1.56 bits per heavy atom. The normalized spacial score (nSPS) is 12.1. The van der Waals surface area contributed by atoms with Gasteiger partial charge in [0.25, 0.3) is 0 Å². The Labute approximate surface area is 155 Å². The molecule has 0 amide bonds. The van der Waals surface area contributed by atoms with Crippen LogP contribution in [0.15, 0.2) is 35.3 Å². The molecule has 2 rings (SSSR count). The summed E-state index contributed by atoms with van der Waals surface area (Å²) in [6.07, 6.45) is 0. The first-order valence-electron chi connectivity index (χ1n) is 8.58. The van der Waals surface area contributed by atoms with Crippen molar-refractivity contribution in [3.05, 3.63) is 57.9 Å². The number of aromatic nitrogens is 1. The van der Waals surface area contributed by atoms with E-state index in [0.717, 1.165) is 11.4 Å². The number of rotatable bonds is 5. The molecule has 0 atom stereocenters. The molecule has 1 aromatic heterocycles. The van der Waals surface area contributed by atoms with Gasteiger partial charge in [-0.05, 0) is 42.0 Å². The second-order valence-corrected chi connectivity index (χ2v) is 7.28. The zero-order valence-corrected chi connectivity index (χ0v) is 16.5. The fraction of sp³-hybridized carbons (Fsp3) is 0.381. The number of benzene rings is 1. The van der Waals surface area contributed by atoms with Gasteiger partial charge in [-0.1, -0.05) is 57.5 Å². The average molecular weight is 357 g/mol. The van der Waals surface area contributed by atoms with Crippen molar-refractivity contribution < 1.29 is 4.79 Å². The van der Waals surface area contributed by atoms with Gasteiger partial charge < -0.3 is 0 Å². The molecule has 132 valence electrons. The monoisotopic (exact) mass is 356 g/mol. The Bertz CT molecular complexity index is 796. The third-order valence-electron chi connectivity index (χ3n) is 4.17. The number of para-hydroxylation sites is 1. The molecule has 0 N–H and O–H groups in total. The summed E-state index contributed by atoms with van der Waals surface area (Å²) >= 11 is 6.07. The van der Waals surface area contributed by atoms with Crippen LogP contribution in [0.1, 0.15) is 80.7 Å². The molecule has 0 spiro atoms. The van der Waals surface area contributed by atoms with Crippen molar-refractivity contribution in [2.24, 2.45) is 4.99 Å². The second-order valence-electron chi connectivity index (χ2n) is 6.87. The van der Waals surface area contributed by atoms with E-state index in [-0.39, 0.29) is 11.5 Å². The van der Waals surface area contributed by atoms with Crippen molar-refractivity contribution in [1.82, 2.24) is 4.98 Å². The summed E-state index contributed by atoms with van der Waals surface area (Å²) < 4.78 is 0. The van der Waals surface area contributed by atoms with Crippen LogP contribution >= 0.6 is 11.6 Å². The van der Waals surface area contributed by atoms with E-state index >= 15 is 0 Å². The molecule has 0 saturated heterocycles. The van der Waals surface area contributed by atoms with E-state index in [1.807, 2.05) is 6.92 Å². The molecule has 0 radical (unpaired) electrons. The van der Waals surface area contributed by atoms with Crippen LogP contribution < -0.4 is 0 Å². The minimum atomic E-state index is -0.148. The quantitative estimate of drug-likeness (QED) is 0.464. The summed E-state index contributed by atoms with van der Waals surface area (Å²) in [5.74, 6) is 0.595. The van der Waals surface area contributed by atoms with Crippen LogP contribution in [0.5, 0.6) is 0 Å². The summed E-state index contributed by atoms with van der Waals surface area (Å²) in [6, 6.07) is 9.85. The van der Waals surface area contributed by atoms with Crippen molar-refractivity contribution in [2.75, 3.05) is 0 Å². The summed E-state index contributed by atoms with van der Waals surface area (Å²) in [4.78, 5) is 21.0. The summed E-state index contributed by atoms with van der Waals surface area (Å²) in [5.41, 5.74) is 5.16. The molecule has 2 aromatic rings. The van der Waals surface area contributed by atoms with E-state index in [0.29, 0.717) is 22.6 Å². The van der Waals surface area contributed by atoms with Gasteiger partial charge in [0.15, 0.2) is 5.78 Å². The summed E-state index contributed by atoms with van der Waals surface area (Å²) in [7, 11) is 0. The van der Waals surface area contributed by atoms with Crippen molar-refractivity contribution >= 4 is 28.8 Å². The average Bonchev–Trinajstić information content (AvgIpc) is 2.54. The zero-order chi connectivity index (χ0) is 18.7. The highest BCUT2D eigenvalue weighted by Gasteiger charge is 2.15. The number of nitrogens with zero attached hydrogens (tertiary/aromatic N) is 2. The smallest absolute Gasteiger partial charge is 0.179 e. The van der Waals surface area contributed by atoms with Gasteiger partial charge >= 0.3 is 0 Å². The van der Waals surface area contributed by atoms with E-state index in [1.165, 1.54) is 18.1 Å². The maximum Gasteiger partial charge on any atom is 0.179 e. The molecule has 0 bridgehead atoms. The van der Waals surface area contributed by atoms with Gasteiger partial charge in [-0.3, -0.25) is 9.79 Å². The number of pyridine rings is 1. The Kier molecular flexibility index (Phi) is 6.12. The lowest BCUT2D eigenvalue weighted by Crippen LogP contribution is -2.06. The Morgan fingerprint density at radius 3 is 2.04 bits per heavy atom. The molecule has 0 unspecified atom stereocenters. The molecule has 4 heteroatoms. The molecule has 0 aliphatic heterocycles. The number of hydrogen-bond acceptors (Lipinski definition) is 3. The molecular weight excluding hydrogens is 332 g/mol. The van der Waals surface area contributed by atoms with Crippen LogP contribution in [-0.2, 0) is 0 Å². The molecule has 1 heterocycles. The highest BCUT2D eigenvalue weighted by molar-refractivity contribution is 6.33. The molecule has 0 saturated carbocycles. The minimum absolute atomic E-state index is 0.148. The zero-order valence-electron chi connectivity index (χ0n) is 15.7. The molecule has 0 aliphatic rings. The van der Waals surface area contributed by atoms with Crippen LogP contribution in [0.4, 0.5) is 5.69 Å². The van der Waals surface area contributed by atoms with Crippen LogP contribution in [0.25, 0.3) is 0 Å². The topological polar surface area (TPSA) is 42.3 Å². The fourth-order valence-corrected chi connectivity index (χ4v) is 2.99. The fourth-order valence-electron chi connectivity index (χ4n) is 2.76. The number of carbonyl (C=O) groups is 1. The first kappa shape index (κ1) is 19.3. The summed E-state index contributed by atoms with van der Waals surface area (Å²) in [6.45, 7) is 12.1. The number of ketones is 1. The second kappa shape index (κ2) is 7.92. The predicted octanol–water partition coefficient (Wildman–Crippen LogP) is 6.33. The molecule has 0 fully saturated rings. The van der Waals surface area contributed by atoms with Crippen LogP contribution in [0, 0.1) is 0 Å². The number of hydrogen-bond donors (Lipinski definition) is 0. The Balaban J connectivity index is 2.60. The highest BCUT2D eigenvalue weighted by Crippen LogP contribution is 2.35. The SMILES string of the molecule is CC(=O)c1nc(C(C)=Nc2c(C(C)C)cccc2C(C)C)ccc1Cl. The van der Waals surface area contributed by atoms with Gasteiger partial charge in [0.2, 0.25) is 0 Å². The lowest BCUT2D eigenvalue weighted by molar-refractivity contribution is 0.101. The van der Waals surface area contributed by atoms with Crippen LogP contribution in [0.2, 0.25) is 5.02 Å². The van der Waals surface area contributed by atoms with Gasteiger partial charge in [0.1, 0.15) is 5.69 Å². The molecular formula is C21H25ClN2O. The predicted molar refractivity (Wildman–Crippen MR) is 106 cm³/mol. The number of Topliss-reactive ketones (excluding diaryl/α,β-unsaturated/α-hetero) is 1. The van der Waals surface area contributed by atoms with Gasteiger partial charge in [0.05, 0.1) is 22.1 Å². The maximum atomic E-state index is 11.7. The highest BCUT2D eigenvalue weighted by atomic mass is 35.5. The first-order chi connectivity index (χ1) is 11.7. The molecule has 25 heavy (non-hydrogen) atoms.